The summed E-state index contributed by atoms with van der Waals surface area (Å²) in [4.78, 5) is 35.2. The zero-order chi connectivity index (χ0) is 19.1. The van der Waals surface area contributed by atoms with Crippen LogP contribution in [-0.4, -0.2) is 24.4 Å². The van der Waals surface area contributed by atoms with Gasteiger partial charge in [-0.15, -0.1) is 0 Å². The van der Waals surface area contributed by atoms with E-state index in [1.165, 1.54) is 6.07 Å². The molecule has 136 valence electrons. The molecule has 2 aromatic rings. The molecule has 0 aliphatic rings. The first kappa shape index (κ1) is 19.6. The Balaban J connectivity index is 2.12. The molecule has 8 heteroatoms. The van der Waals surface area contributed by atoms with Gasteiger partial charge < -0.3 is 15.8 Å². The maximum Gasteiger partial charge on any atom is 0.340 e. The Kier molecular flexibility index (Phi) is 6.85. The van der Waals surface area contributed by atoms with Crippen molar-refractivity contribution in [2.45, 2.75) is 12.8 Å². The van der Waals surface area contributed by atoms with Crippen molar-refractivity contribution in [1.29, 1.82) is 0 Å². The number of esters is 1. The van der Waals surface area contributed by atoms with E-state index in [4.69, 9.17) is 10.5 Å². The number of hydrogen-bond donors (Lipinski definition) is 2. The van der Waals surface area contributed by atoms with Gasteiger partial charge in [0.15, 0.2) is 0 Å². The Morgan fingerprint density at radius 1 is 1.15 bits per heavy atom. The second-order valence-corrected chi connectivity index (χ2v) is 6.28. The predicted octanol–water partition coefficient (Wildman–Crippen LogP) is 3.26. The highest BCUT2D eigenvalue weighted by Gasteiger charge is 2.17. The third-order valence-electron chi connectivity index (χ3n) is 3.34. The van der Waals surface area contributed by atoms with Crippen LogP contribution in [0.3, 0.4) is 0 Å². The number of nitrogens with one attached hydrogen (secondary N) is 1. The lowest BCUT2D eigenvalue weighted by molar-refractivity contribution is -0.118. The highest BCUT2D eigenvalue weighted by Crippen LogP contribution is 2.20. The highest BCUT2D eigenvalue weighted by molar-refractivity contribution is 9.10. The fourth-order valence-electron chi connectivity index (χ4n) is 2.11. The first-order chi connectivity index (χ1) is 12.4. The molecule has 0 radical (unpaired) electrons. The fraction of sp³-hybridized carbons (Fsp3) is 0.167. The van der Waals surface area contributed by atoms with Crippen molar-refractivity contribution in [3.8, 4) is 0 Å². The minimum Gasteiger partial charge on any atom is -0.462 e. The van der Waals surface area contributed by atoms with Gasteiger partial charge in [0.05, 0.1) is 17.9 Å². The Labute approximate surface area is 157 Å². The monoisotopic (exact) mass is 422 g/mol. The largest absolute Gasteiger partial charge is 0.462 e. The van der Waals surface area contributed by atoms with Gasteiger partial charge in [0.1, 0.15) is 5.82 Å². The molecule has 0 unspecified atom stereocenters. The molecule has 0 spiro atoms. The number of halogens is 2. The van der Waals surface area contributed by atoms with E-state index in [9.17, 15) is 18.8 Å². The van der Waals surface area contributed by atoms with E-state index in [1.807, 2.05) is 0 Å². The molecular weight excluding hydrogens is 407 g/mol. The van der Waals surface area contributed by atoms with Crippen LogP contribution in [0.15, 0.2) is 46.9 Å². The van der Waals surface area contributed by atoms with Crippen molar-refractivity contribution in [3.63, 3.8) is 0 Å². The predicted molar refractivity (Wildman–Crippen MR) is 97.2 cm³/mol. The van der Waals surface area contributed by atoms with Crippen LogP contribution in [0.25, 0.3) is 0 Å². The van der Waals surface area contributed by atoms with E-state index in [0.29, 0.717) is 10.0 Å². The number of rotatable bonds is 7. The Morgan fingerprint density at radius 2 is 1.92 bits per heavy atom. The van der Waals surface area contributed by atoms with Crippen LogP contribution in [0.2, 0.25) is 0 Å². The van der Waals surface area contributed by atoms with Gasteiger partial charge in [-0.1, -0.05) is 22.0 Å². The van der Waals surface area contributed by atoms with Gasteiger partial charge in [0, 0.05) is 16.5 Å². The topological polar surface area (TPSA) is 98.5 Å². The maximum atomic E-state index is 13.6. The molecule has 6 nitrogen and oxygen atoms in total. The Bertz CT molecular complexity index is 842. The molecule has 0 aliphatic heterocycles. The molecule has 0 atom stereocenters. The quantitative estimate of drug-likeness (QED) is 0.528. The van der Waals surface area contributed by atoms with Crippen molar-refractivity contribution in [2.24, 2.45) is 5.73 Å². The second kappa shape index (κ2) is 9.10. The van der Waals surface area contributed by atoms with E-state index in [0.717, 1.165) is 12.1 Å². The number of nitrogens with two attached hydrogens (primary N) is 1. The van der Waals surface area contributed by atoms with Crippen molar-refractivity contribution < 1.29 is 23.5 Å². The van der Waals surface area contributed by atoms with Crippen LogP contribution in [0, 0.1) is 5.82 Å². The smallest absolute Gasteiger partial charge is 0.340 e. The van der Waals surface area contributed by atoms with Gasteiger partial charge in [0.2, 0.25) is 5.91 Å². The number of hydrogen-bond acceptors (Lipinski definition) is 4. The van der Waals surface area contributed by atoms with Crippen molar-refractivity contribution in [2.75, 3.05) is 11.9 Å². The number of anilines is 1. The van der Waals surface area contributed by atoms with Gasteiger partial charge in [-0.05, 0) is 42.8 Å². The first-order valence-corrected chi connectivity index (χ1v) is 8.48. The first-order valence-electron chi connectivity index (χ1n) is 7.68. The van der Waals surface area contributed by atoms with Crippen molar-refractivity contribution in [1.82, 2.24) is 0 Å². The fourth-order valence-corrected chi connectivity index (χ4v) is 2.51. The van der Waals surface area contributed by atoms with E-state index in [1.54, 1.807) is 24.3 Å². The van der Waals surface area contributed by atoms with Crippen molar-refractivity contribution in [3.05, 3.63) is 63.9 Å². The summed E-state index contributed by atoms with van der Waals surface area (Å²) in [7, 11) is 0. The minimum absolute atomic E-state index is 0.00474. The summed E-state index contributed by atoms with van der Waals surface area (Å²) >= 11 is 3.26. The minimum atomic E-state index is -0.737. The normalized spacial score (nSPS) is 10.2. The number of carbonyl (C=O) groups is 3. The molecular formula is C18H16BrFN2O4. The summed E-state index contributed by atoms with van der Waals surface area (Å²) in [6, 6.07) is 9.97. The SMILES string of the molecule is NC(=O)CCCOC(=O)c1ccc(F)cc1NC(=O)c1cccc(Br)c1. The summed E-state index contributed by atoms with van der Waals surface area (Å²) in [6.07, 6.45) is 0.366. The van der Waals surface area contributed by atoms with Crippen molar-refractivity contribution >= 4 is 39.4 Å². The number of amides is 2. The molecule has 2 rings (SSSR count). The molecule has 2 amide bonds. The summed E-state index contributed by atoms with van der Waals surface area (Å²) in [5.74, 6) is -2.34. The van der Waals surface area contributed by atoms with E-state index in [-0.39, 0.29) is 30.7 Å². The van der Waals surface area contributed by atoms with E-state index in [2.05, 4.69) is 21.2 Å². The summed E-state index contributed by atoms with van der Waals surface area (Å²) < 4.78 is 19.3. The molecule has 0 aromatic heterocycles. The lowest BCUT2D eigenvalue weighted by Crippen LogP contribution is -2.17. The van der Waals surface area contributed by atoms with Crippen LogP contribution in [0.1, 0.15) is 33.6 Å². The third-order valence-corrected chi connectivity index (χ3v) is 3.83. The van der Waals surface area contributed by atoms with Crippen LogP contribution in [-0.2, 0) is 9.53 Å². The van der Waals surface area contributed by atoms with Gasteiger partial charge in [-0.3, -0.25) is 9.59 Å². The number of carbonyl (C=O) groups excluding carboxylic acids is 3. The summed E-state index contributed by atoms with van der Waals surface area (Å²) in [6.45, 7) is -0.0157. The molecule has 0 bridgehead atoms. The molecule has 26 heavy (non-hydrogen) atoms. The van der Waals surface area contributed by atoms with E-state index >= 15 is 0 Å². The number of benzene rings is 2. The molecule has 0 aliphatic carbocycles. The Morgan fingerprint density at radius 3 is 2.62 bits per heavy atom. The van der Waals surface area contributed by atoms with Crippen LogP contribution < -0.4 is 11.1 Å². The lowest BCUT2D eigenvalue weighted by Gasteiger charge is -2.11. The lowest BCUT2D eigenvalue weighted by atomic mass is 10.1. The molecule has 0 saturated heterocycles. The maximum absolute atomic E-state index is 13.6. The molecule has 0 saturated carbocycles. The standard InChI is InChI=1S/C18H16BrFN2O4/c19-12-4-1-3-11(9-12)17(24)22-15-10-13(20)6-7-14(15)18(25)26-8-2-5-16(21)23/h1,3-4,6-7,9-10H,2,5,8H2,(H2,21,23)(H,22,24). The molecule has 3 N–H and O–H groups in total. The average molecular weight is 423 g/mol. The Hall–Kier alpha value is -2.74. The van der Waals surface area contributed by atoms with Crippen LogP contribution in [0.4, 0.5) is 10.1 Å². The second-order valence-electron chi connectivity index (χ2n) is 5.36. The van der Waals surface area contributed by atoms with Crippen LogP contribution >= 0.6 is 15.9 Å². The third kappa shape index (κ3) is 5.66. The van der Waals surface area contributed by atoms with Gasteiger partial charge in [0.25, 0.3) is 5.91 Å². The van der Waals surface area contributed by atoms with Gasteiger partial charge in [-0.25, -0.2) is 9.18 Å². The van der Waals surface area contributed by atoms with Gasteiger partial charge >= 0.3 is 5.97 Å². The number of ether oxygens (including phenoxy) is 1. The van der Waals surface area contributed by atoms with Crippen LogP contribution in [0.5, 0.6) is 0 Å². The zero-order valence-electron chi connectivity index (χ0n) is 13.6. The molecule has 0 heterocycles. The zero-order valence-corrected chi connectivity index (χ0v) is 15.2. The average Bonchev–Trinajstić information content (AvgIpc) is 2.58. The highest BCUT2D eigenvalue weighted by atomic mass is 79.9. The summed E-state index contributed by atoms with van der Waals surface area (Å²) in [5.41, 5.74) is 5.35. The number of primary amides is 1. The van der Waals surface area contributed by atoms with Gasteiger partial charge in [-0.2, -0.15) is 0 Å². The molecule has 0 fully saturated rings. The summed E-state index contributed by atoms with van der Waals surface area (Å²) in [5, 5.41) is 2.51. The van der Waals surface area contributed by atoms with E-state index < -0.39 is 23.6 Å². The molecule has 2 aromatic carbocycles.